The van der Waals surface area contributed by atoms with Gasteiger partial charge in [-0.05, 0) is 44.8 Å². The van der Waals surface area contributed by atoms with Crippen LogP contribution in [0.1, 0.15) is 18.4 Å². The maximum Gasteiger partial charge on any atom is 0.275 e. The van der Waals surface area contributed by atoms with E-state index in [0.717, 1.165) is 32.0 Å². The Morgan fingerprint density at radius 2 is 2.23 bits per heavy atom. The first-order valence-corrected chi connectivity index (χ1v) is 8.82. The van der Waals surface area contributed by atoms with Crippen LogP contribution in [0.5, 0.6) is 0 Å². The van der Waals surface area contributed by atoms with Crippen molar-refractivity contribution in [2.45, 2.75) is 24.7 Å². The highest BCUT2D eigenvalue weighted by Gasteiger charge is 2.23. The fourth-order valence-electron chi connectivity index (χ4n) is 2.39. The third-order valence-electron chi connectivity index (χ3n) is 3.76. The smallest absolute Gasteiger partial charge is 0.275 e. The maximum absolute atomic E-state index is 12.3. The number of sulfonamides is 1. The zero-order valence-electron chi connectivity index (χ0n) is 12.1. The van der Waals surface area contributed by atoms with Crippen LogP contribution in [0.4, 0.5) is 5.69 Å². The monoisotopic (exact) mass is 347 g/mol. The summed E-state index contributed by atoms with van der Waals surface area (Å²) >= 11 is 5.91. The van der Waals surface area contributed by atoms with Crippen LogP contribution < -0.4 is 10.0 Å². The number of halogens is 1. The van der Waals surface area contributed by atoms with Crippen LogP contribution in [0.15, 0.2) is 17.0 Å². The Hall–Kier alpha value is -1.22. The van der Waals surface area contributed by atoms with Crippen LogP contribution >= 0.6 is 11.6 Å². The van der Waals surface area contributed by atoms with Gasteiger partial charge in [0.25, 0.3) is 5.69 Å². The number of rotatable bonds is 5. The second-order valence-corrected chi connectivity index (χ2v) is 7.54. The van der Waals surface area contributed by atoms with Crippen LogP contribution in [0.25, 0.3) is 0 Å². The first-order chi connectivity index (χ1) is 10.3. The van der Waals surface area contributed by atoms with Crippen LogP contribution in [0.2, 0.25) is 5.02 Å². The van der Waals surface area contributed by atoms with Gasteiger partial charge < -0.3 is 5.32 Å². The van der Waals surface area contributed by atoms with Crippen molar-refractivity contribution in [1.82, 2.24) is 10.0 Å². The van der Waals surface area contributed by atoms with E-state index in [1.54, 1.807) is 0 Å². The molecule has 0 radical (unpaired) electrons. The molecule has 122 valence electrons. The lowest BCUT2D eigenvalue weighted by atomic mass is 10.0. The molecule has 1 aromatic carbocycles. The highest BCUT2D eigenvalue weighted by molar-refractivity contribution is 7.89. The molecule has 1 unspecified atom stereocenters. The maximum atomic E-state index is 12.3. The molecule has 2 rings (SSSR count). The van der Waals surface area contributed by atoms with Gasteiger partial charge in [0.2, 0.25) is 10.0 Å². The number of nitro groups is 1. The summed E-state index contributed by atoms with van der Waals surface area (Å²) in [4.78, 5) is 10.2. The van der Waals surface area contributed by atoms with Crippen molar-refractivity contribution in [1.29, 1.82) is 0 Å². The second-order valence-electron chi connectivity index (χ2n) is 5.37. The largest absolute Gasteiger partial charge is 0.316 e. The van der Waals surface area contributed by atoms with E-state index in [9.17, 15) is 18.5 Å². The van der Waals surface area contributed by atoms with Crippen LogP contribution in [-0.2, 0) is 10.0 Å². The summed E-state index contributed by atoms with van der Waals surface area (Å²) in [7, 11) is -3.82. The first kappa shape index (κ1) is 17.1. The van der Waals surface area contributed by atoms with Crippen LogP contribution in [-0.4, -0.2) is 33.0 Å². The van der Waals surface area contributed by atoms with Crippen molar-refractivity contribution in [3.8, 4) is 0 Å². The van der Waals surface area contributed by atoms with E-state index >= 15 is 0 Å². The van der Waals surface area contributed by atoms with E-state index in [1.807, 2.05) is 0 Å². The summed E-state index contributed by atoms with van der Waals surface area (Å²) in [5, 5.41) is 14.3. The molecule has 1 heterocycles. The minimum absolute atomic E-state index is 0.0638. The number of nitrogens with zero attached hydrogens (tertiary/aromatic N) is 1. The van der Waals surface area contributed by atoms with Gasteiger partial charge >= 0.3 is 0 Å². The first-order valence-electron chi connectivity index (χ1n) is 6.96. The zero-order valence-corrected chi connectivity index (χ0v) is 13.7. The SMILES string of the molecule is Cc1c(Cl)cc(S(=O)(=O)NCC2CCCNC2)cc1[N+](=O)[O-]. The lowest BCUT2D eigenvalue weighted by Crippen LogP contribution is -2.38. The van der Waals surface area contributed by atoms with E-state index in [0.29, 0.717) is 6.54 Å². The summed E-state index contributed by atoms with van der Waals surface area (Å²) in [6, 6.07) is 2.29. The standard InChI is InChI=1S/C13H18ClN3O4S/c1-9-12(14)5-11(6-13(9)17(18)19)22(20,21)16-8-10-3-2-4-15-7-10/h5-6,10,15-16H,2-4,7-8H2,1H3. The zero-order chi connectivity index (χ0) is 16.3. The molecule has 0 amide bonds. The van der Waals surface area contributed by atoms with Crippen molar-refractivity contribution in [2.75, 3.05) is 19.6 Å². The van der Waals surface area contributed by atoms with Crippen molar-refractivity contribution < 1.29 is 13.3 Å². The van der Waals surface area contributed by atoms with Gasteiger partial charge in [-0.1, -0.05) is 11.6 Å². The highest BCUT2D eigenvalue weighted by Crippen LogP contribution is 2.29. The minimum Gasteiger partial charge on any atom is -0.316 e. The van der Waals surface area contributed by atoms with Gasteiger partial charge in [0.1, 0.15) is 0 Å². The molecule has 0 bridgehead atoms. The Labute approximate surface area is 134 Å². The summed E-state index contributed by atoms with van der Waals surface area (Å²) in [6.45, 7) is 3.49. The number of hydrogen-bond donors (Lipinski definition) is 2. The topological polar surface area (TPSA) is 101 Å². The molecule has 1 fully saturated rings. The van der Waals surface area contributed by atoms with E-state index in [4.69, 9.17) is 11.6 Å². The fourth-order valence-corrected chi connectivity index (χ4v) is 3.83. The number of benzene rings is 1. The molecular formula is C13H18ClN3O4S. The summed E-state index contributed by atoms with van der Waals surface area (Å²) in [5.41, 5.74) is -0.0469. The van der Waals surface area contributed by atoms with Crippen molar-refractivity contribution in [3.05, 3.63) is 32.8 Å². The van der Waals surface area contributed by atoms with Gasteiger partial charge in [-0.25, -0.2) is 13.1 Å². The molecule has 0 saturated carbocycles. The molecular weight excluding hydrogens is 330 g/mol. The Balaban J connectivity index is 2.19. The van der Waals surface area contributed by atoms with Gasteiger partial charge in [-0.3, -0.25) is 10.1 Å². The molecule has 2 N–H and O–H groups in total. The Morgan fingerprint density at radius 3 is 2.82 bits per heavy atom. The van der Waals surface area contributed by atoms with Gasteiger partial charge in [-0.2, -0.15) is 0 Å². The molecule has 1 aliphatic heterocycles. The molecule has 7 nitrogen and oxygen atoms in total. The van der Waals surface area contributed by atoms with E-state index in [1.165, 1.54) is 13.0 Å². The molecule has 1 saturated heterocycles. The molecule has 22 heavy (non-hydrogen) atoms. The second kappa shape index (κ2) is 6.91. The fraction of sp³-hybridized carbons (Fsp3) is 0.538. The summed E-state index contributed by atoms with van der Waals surface area (Å²) < 4.78 is 27.1. The van der Waals surface area contributed by atoms with E-state index in [2.05, 4.69) is 10.0 Å². The molecule has 0 spiro atoms. The van der Waals surface area contributed by atoms with Gasteiger partial charge in [0.05, 0.1) is 14.8 Å². The predicted octanol–water partition coefficient (Wildman–Crippen LogP) is 1.83. The number of hydrogen-bond acceptors (Lipinski definition) is 5. The average molecular weight is 348 g/mol. The van der Waals surface area contributed by atoms with E-state index in [-0.39, 0.29) is 27.1 Å². The molecule has 1 atom stereocenters. The Bertz CT molecular complexity index is 672. The Morgan fingerprint density at radius 1 is 1.50 bits per heavy atom. The Kier molecular flexibility index (Phi) is 5.38. The van der Waals surface area contributed by atoms with Crippen molar-refractivity contribution in [3.63, 3.8) is 0 Å². The molecule has 1 aromatic rings. The van der Waals surface area contributed by atoms with Crippen LogP contribution in [0.3, 0.4) is 0 Å². The molecule has 0 aromatic heterocycles. The third kappa shape index (κ3) is 3.95. The van der Waals surface area contributed by atoms with Gasteiger partial charge in [-0.15, -0.1) is 0 Å². The minimum atomic E-state index is -3.82. The molecule has 1 aliphatic rings. The normalized spacial score (nSPS) is 19.1. The predicted molar refractivity (Wildman–Crippen MR) is 83.6 cm³/mol. The summed E-state index contributed by atoms with van der Waals surface area (Å²) in [6.07, 6.45) is 1.96. The summed E-state index contributed by atoms with van der Waals surface area (Å²) in [5.74, 6) is 0.222. The van der Waals surface area contributed by atoms with Gasteiger partial charge in [0.15, 0.2) is 0 Å². The highest BCUT2D eigenvalue weighted by atomic mass is 35.5. The van der Waals surface area contributed by atoms with Gasteiger partial charge in [0, 0.05) is 18.2 Å². The lowest BCUT2D eigenvalue weighted by molar-refractivity contribution is -0.385. The van der Waals surface area contributed by atoms with Crippen LogP contribution in [0, 0.1) is 23.0 Å². The third-order valence-corrected chi connectivity index (χ3v) is 5.55. The number of nitrogens with one attached hydrogen (secondary N) is 2. The molecule has 0 aliphatic carbocycles. The molecule has 9 heteroatoms. The lowest BCUT2D eigenvalue weighted by Gasteiger charge is -2.22. The van der Waals surface area contributed by atoms with Crippen molar-refractivity contribution in [2.24, 2.45) is 5.92 Å². The number of nitro benzene ring substituents is 1. The quantitative estimate of drug-likeness (QED) is 0.625. The van der Waals surface area contributed by atoms with Crippen molar-refractivity contribution >= 4 is 27.3 Å². The number of piperidine rings is 1. The van der Waals surface area contributed by atoms with E-state index < -0.39 is 14.9 Å². The average Bonchev–Trinajstić information content (AvgIpc) is 2.48.